The summed E-state index contributed by atoms with van der Waals surface area (Å²) in [5.74, 6) is -3.84. The molecule has 3 rings (SSSR count). The maximum Gasteiger partial charge on any atom is 0.340 e. The van der Waals surface area contributed by atoms with Crippen molar-refractivity contribution in [3.63, 3.8) is 0 Å². The van der Waals surface area contributed by atoms with Gasteiger partial charge in [-0.3, -0.25) is 4.79 Å². The van der Waals surface area contributed by atoms with Crippen LogP contribution >= 0.6 is 27.5 Å². The Balaban J connectivity index is 1.78. The third kappa shape index (κ3) is 4.41. The summed E-state index contributed by atoms with van der Waals surface area (Å²) in [6.07, 6.45) is 0. The van der Waals surface area contributed by atoms with Crippen LogP contribution < -0.4 is 0 Å². The second-order valence-electron chi connectivity index (χ2n) is 6.34. The lowest BCUT2D eigenvalue weighted by molar-refractivity contribution is 0.0474. The molecule has 1 aromatic heterocycles. The van der Waals surface area contributed by atoms with E-state index in [1.807, 2.05) is 35.8 Å². The molecule has 0 saturated carbocycles. The molecule has 0 amide bonds. The maximum atomic E-state index is 13.4. The minimum atomic E-state index is -1.23. The predicted molar refractivity (Wildman–Crippen MR) is 109 cm³/mol. The van der Waals surface area contributed by atoms with Crippen molar-refractivity contribution in [2.75, 3.05) is 6.61 Å². The summed E-state index contributed by atoms with van der Waals surface area (Å²) in [6.45, 7) is 3.09. The fourth-order valence-electron chi connectivity index (χ4n) is 3.00. The SMILES string of the molecule is Cc1cc(C(=O)COC(=O)c2cc(F)c(F)cc2Cl)c(C)n1-c1ccc(Br)cc1. The second-order valence-corrected chi connectivity index (χ2v) is 7.66. The highest BCUT2D eigenvalue weighted by atomic mass is 79.9. The lowest BCUT2D eigenvalue weighted by atomic mass is 10.1. The molecule has 0 aliphatic heterocycles. The topological polar surface area (TPSA) is 48.3 Å². The maximum absolute atomic E-state index is 13.4. The van der Waals surface area contributed by atoms with Crippen LogP contribution in [0.3, 0.4) is 0 Å². The van der Waals surface area contributed by atoms with E-state index in [1.165, 1.54) is 0 Å². The molecule has 0 spiro atoms. The van der Waals surface area contributed by atoms with Crippen LogP contribution in [0.15, 0.2) is 46.9 Å². The number of aryl methyl sites for hydroxylation is 1. The third-order valence-electron chi connectivity index (χ3n) is 4.38. The van der Waals surface area contributed by atoms with Gasteiger partial charge in [-0.2, -0.15) is 0 Å². The predicted octanol–water partition coefficient (Wildman–Crippen LogP) is 5.83. The van der Waals surface area contributed by atoms with E-state index in [0.29, 0.717) is 23.4 Å². The van der Waals surface area contributed by atoms with Crippen molar-refractivity contribution in [1.82, 2.24) is 4.57 Å². The zero-order valence-corrected chi connectivity index (χ0v) is 17.8. The fraction of sp³-hybridized carbons (Fsp3) is 0.143. The van der Waals surface area contributed by atoms with E-state index in [0.717, 1.165) is 15.9 Å². The molecular weight excluding hydrogens is 468 g/mol. The van der Waals surface area contributed by atoms with Gasteiger partial charge in [-0.05, 0) is 56.3 Å². The first-order chi connectivity index (χ1) is 13.7. The summed E-state index contributed by atoms with van der Waals surface area (Å²) in [7, 11) is 0. The standard InChI is InChI=1S/C21H15BrClF2NO3/c1-11-7-15(12(2)26(11)14-5-3-13(22)4-6-14)20(27)10-29-21(28)16-8-18(24)19(25)9-17(16)23/h3-9H,10H2,1-2H3. The number of Topliss-reactive ketones (excluding diaryl/α,β-unsaturated/α-hetero) is 1. The van der Waals surface area contributed by atoms with E-state index >= 15 is 0 Å². The first kappa shape index (κ1) is 21.2. The normalized spacial score (nSPS) is 10.8. The van der Waals surface area contributed by atoms with Crippen LogP contribution in [-0.4, -0.2) is 22.9 Å². The number of ketones is 1. The average Bonchev–Trinajstić information content (AvgIpc) is 2.97. The Morgan fingerprint density at radius 1 is 1.03 bits per heavy atom. The Morgan fingerprint density at radius 2 is 1.66 bits per heavy atom. The Labute approximate surface area is 179 Å². The van der Waals surface area contributed by atoms with Gasteiger partial charge in [0.05, 0.1) is 10.6 Å². The summed E-state index contributed by atoms with van der Waals surface area (Å²) < 4.78 is 34.3. The van der Waals surface area contributed by atoms with Crippen molar-refractivity contribution in [2.45, 2.75) is 13.8 Å². The van der Waals surface area contributed by atoms with E-state index in [9.17, 15) is 18.4 Å². The number of rotatable bonds is 5. The highest BCUT2D eigenvalue weighted by molar-refractivity contribution is 9.10. The van der Waals surface area contributed by atoms with Gasteiger partial charge >= 0.3 is 5.97 Å². The van der Waals surface area contributed by atoms with Gasteiger partial charge in [-0.25, -0.2) is 13.6 Å². The number of benzene rings is 2. The van der Waals surface area contributed by atoms with Crippen LogP contribution in [0.2, 0.25) is 5.02 Å². The van der Waals surface area contributed by atoms with Crippen LogP contribution in [0.4, 0.5) is 8.78 Å². The third-order valence-corrected chi connectivity index (χ3v) is 5.22. The number of hydrogen-bond acceptors (Lipinski definition) is 3. The van der Waals surface area contributed by atoms with E-state index in [-0.39, 0.29) is 10.6 Å². The van der Waals surface area contributed by atoms with Gasteiger partial charge in [0.1, 0.15) is 0 Å². The number of carbonyl (C=O) groups excluding carboxylic acids is 2. The molecule has 4 nitrogen and oxygen atoms in total. The smallest absolute Gasteiger partial charge is 0.340 e. The van der Waals surface area contributed by atoms with Crippen molar-refractivity contribution >= 4 is 39.3 Å². The van der Waals surface area contributed by atoms with E-state index < -0.39 is 30.0 Å². The van der Waals surface area contributed by atoms with Crippen molar-refractivity contribution in [2.24, 2.45) is 0 Å². The van der Waals surface area contributed by atoms with E-state index in [4.69, 9.17) is 16.3 Å². The largest absolute Gasteiger partial charge is 0.454 e. The van der Waals surface area contributed by atoms with Gasteiger partial charge in [0, 0.05) is 27.1 Å². The van der Waals surface area contributed by atoms with Gasteiger partial charge in [0.15, 0.2) is 18.2 Å². The molecule has 0 atom stereocenters. The van der Waals surface area contributed by atoms with Gasteiger partial charge < -0.3 is 9.30 Å². The van der Waals surface area contributed by atoms with E-state index in [2.05, 4.69) is 15.9 Å². The van der Waals surface area contributed by atoms with E-state index in [1.54, 1.807) is 13.0 Å². The number of hydrogen-bond donors (Lipinski definition) is 0. The number of carbonyl (C=O) groups is 2. The molecule has 0 saturated heterocycles. The number of esters is 1. The molecule has 0 aliphatic carbocycles. The Bertz CT molecular complexity index is 1110. The number of ether oxygens (including phenoxy) is 1. The molecule has 0 aliphatic rings. The Hall–Kier alpha value is -2.51. The van der Waals surface area contributed by atoms with Crippen LogP contribution in [0.1, 0.15) is 32.1 Å². The molecule has 0 N–H and O–H groups in total. The monoisotopic (exact) mass is 481 g/mol. The summed E-state index contributed by atoms with van der Waals surface area (Å²) in [5, 5.41) is -0.297. The first-order valence-corrected chi connectivity index (χ1v) is 9.66. The molecule has 0 radical (unpaired) electrons. The number of aromatic nitrogens is 1. The van der Waals surface area contributed by atoms with Crippen molar-refractivity contribution in [1.29, 1.82) is 0 Å². The van der Waals surface area contributed by atoms with Crippen molar-refractivity contribution in [3.05, 3.63) is 86.1 Å². The molecule has 150 valence electrons. The van der Waals surface area contributed by atoms with Crippen LogP contribution in [0.5, 0.6) is 0 Å². The molecule has 1 heterocycles. The molecular formula is C21H15BrClF2NO3. The summed E-state index contributed by atoms with van der Waals surface area (Å²) in [6, 6.07) is 10.6. The van der Waals surface area contributed by atoms with Gasteiger partial charge in [-0.1, -0.05) is 27.5 Å². The highest BCUT2D eigenvalue weighted by Crippen LogP contribution is 2.24. The van der Waals surface area contributed by atoms with Gasteiger partial charge in [-0.15, -0.1) is 0 Å². The first-order valence-electron chi connectivity index (χ1n) is 8.48. The van der Waals surface area contributed by atoms with Gasteiger partial charge in [0.2, 0.25) is 5.78 Å². The van der Waals surface area contributed by atoms with Gasteiger partial charge in [0.25, 0.3) is 0 Å². The molecule has 0 unspecified atom stereocenters. The molecule has 8 heteroatoms. The van der Waals surface area contributed by atoms with Crippen molar-refractivity contribution < 1.29 is 23.1 Å². The summed E-state index contributed by atoms with van der Waals surface area (Å²) in [4.78, 5) is 24.7. The summed E-state index contributed by atoms with van der Waals surface area (Å²) in [5.41, 5.74) is 2.46. The molecule has 3 aromatic rings. The molecule has 0 fully saturated rings. The molecule has 0 bridgehead atoms. The Kier molecular flexibility index (Phi) is 6.19. The second kappa shape index (κ2) is 8.47. The molecule has 29 heavy (non-hydrogen) atoms. The lowest BCUT2D eigenvalue weighted by Crippen LogP contribution is -2.15. The highest BCUT2D eigenvalue weighted by Gasteiger charge is 2.21. The van der Waals surface area contributed by atoms with Crippen LogP contribution in [-0.2, 0) is 4.74 Å². The summed E-state index contributed by atoms with van der Waals surface area (Å²) >= 11 is 9.14. The van der Waals surface area contributed by atoms with Crippen LogP contribution in [0.25, 0.3) is 5.69 Å². The average molecular weight is 483 g/mol. The van der Waals surface area contributed by atoms with Crippen molar-refractivity contribution in [3.8, 4) is 5.69 Å². The number of nitrogens with zero attached hydrogens (tertiary/aromatic N) is 1. The fourth-order valence-corrected chi connectivity index (χ4v) is 3.49. The quantitative estimate of drug-likeness (QED) is 0.261. The lowest BCUT2D eigenvalue weighted by Gasteiger charge is -2.10. The minimum absolute atomic E-state index is 0.297. The van der Waals surface area contributed by atoms with Crippen LogP contribution in [0, 0.1) is 25.5 Å². The minimum Gasteiger partial charge on any atom is -0.454 e. The number of halogens is 4. The zero-order chi connectivity index (χ0) is 21.3. The zero-order valence-electron chi connectivity index (χ0n) is 15.4. The Morgan fingerprint density at radius 3 is 2.31 bits per heavy atom. The molecule has 2 aromatic carbocycles.